The normalized spacial score (nSPS) is 12.7. The zero-order valence-electron chi connectivity index (χ0n) is 25.2. The van der Waals surface area contributed by atoms with E-state index in [-0.39, 0.29) is 15.8 Å². The average Bonchev–Trinajstić information content (AvgIpc) is 3.09. The summed E-state index contributed by atoms with van der Waals surface area (Å²) in [5.41, 5.74) is 3.91. The van der Waals surface area contributed by atoms with E-state index in [2.05, 4.69) is 5.32 Å². The van der Waals surface area contributed by atoms with Gasteiger partial charge in [0.15, 0.2) is 0 Å². The summed E-state index contributed by atoms with van der Waals surface area (Å²) in [6.07, 6.45) is -0.187. The number of nitrogens with one attached hydrogen (secondary N) is 1. The molecule has 0 saturated carbocycles. The van der Waals surface area contributed by atoms with Crippen LogP contribution in [0.5, 0.6) is 5.75 Å². The van der Waals surface area contributed by atoms with E-state index in [4.69, 9.17) is 21.1 Å². The fourth-order valence-electron chi connectivity index (χ4n) is 5.09. The van der Waals surface area contributed by atoms with Crippen LogP contribution in [-0.4, -0.2) is 45.8 Å². The van der Waals surface area contributed by atoms with Gasteiger partial charge in [0.05, 0.1) is 28.6 Å². The van der Waals surface area contributed by atoms with Gasteiger partial charge in [0.2, 0.25) is 9.84 Å². The van der Waals surface area contributed by atoms with Gasteiger partial charge < -0.3 is 19.9 Å². The Labute approximate surface area is 274 Å². The number of hydrogen-bond donors (Lipinski definition) is 2. The van der Waals surface area contributed by atoms with Crippen molar-refractivity contribution in [1.29, 1.82) is 0 Å². The fraction of sp³-hybridized carbons (Fsp3) is 0.162. The molecule has 0 fully saturated rings. The summed E-state index contributed by atoms with van der Waals surface area (Å²) in [5.74, 6) is 0.111. The number of benzene rings is 5. The first-order valence-corrected chi connectivity index (χ1v) is 16.6. The lowest BCUT2D eigenvalue weighted by molar-refractivity contribution is 0.0600. The lowest BCUT2D eigenvalue weighted by atomic mass is 9.96. The van der Waals surface area contributed by atoms with Crippen LogP contribution in [0.3, 0.4) is 0 Å². The molecule has 1 unspecified atom stereocenters. The molecule has 9 heteroatoms. The number of carbonyl (C=O) groups excluding carboxylic acids is 1. The Morgan fingerprint density at radius 1 is 0.804 bits per heavy atom. The predicted octanol–water partition coefficient (Wildman–Crippen LogP) is 6.94. The highest BCUT2D eigenvalue weighted by Gasteiger charge is 2.22. The number of hydrogen-bond acceptors (Lipinski definition) is 7. The van der Waals surface area contributed by atoms with Gasteiger partial charge in [-0.15, -0.1) is 0 Å². The summed E-state index contributed by atoms with van der Waals surface area (Å²) in [6.45, 7) is 0.759. The third-order valence-electron chi connectivity index (χ3n) is 7.59. The molecular weight excluding hydrogens is 622 g/mol. The maximum Gasteiger partial charge on any atom is 0.337 e. The number of carbonyl (C=O) groups is 1. The molecule has 0 aliphatic heterocycles. The molecular formula is C37H34ClNO6S. The number of halogens is 1. The highest BCUT2D eigenvalue weighted by atomic mass is 35.5. The molecule has 236 valence electrons. The summed E-state index contributed by atoms with van der Waals surface area (Å²) < 4.78 is 37.2. The summed E-state index contributed by atoms with van der Waals surface area (Å²) in [5, 5.41) is 15.1. The zero-order chi connectivity index (χ0) is 32.5. The molecule has 0 saturated heterocycles. The van der Waals surface area contributed by atoms with Gasteiger partial charge in [-0.05, 0) is 89.3 Å². The highest BCUT2D eigenvalue weighted by Crippen LogP contribution is 2.27. The number of rotatable bonds is 13. The largest absolute Gasteiger partial charge is 0.492 e. The molecule has 0 radical (unpaired) electrons. The second-order valence-electron chi connectivity index (χ2n) is 10.7. The second-order valence-corrected chi connectivity index (χ2v) is 13.1. The molecule has 0 aliphatic carbocycles. The van der Waals surface area contributed by atoms with E-state index in [0.29, 0.717) is 35.9 Å². The van der Waals surface area contributed by atoms with Crippen molar-refractivity contribution in [2.45, 2.75) is 28.4 Å². The van der Waals surface area contributed by atoms with E-state index in [9.17, 15) is 18.3 Å². The maximum absolute atomic E-state index is 13.3. The Hall–Kier alpha value is -4.47. The van der Waals surface area contributed by atoms with Gasteiger partial charge in [0.25, 0.3) is 0 Å². The SMILES string of the molecule is COC(=O)c1ccc(-c2ccc(S(=O)(=O)c3ccc(OCCNC(Cc4ccccc4)[C@H](O)c4cccc(Cl)c4)cc3)cc2)cc1. The number of methoxy groups -OCH3 is 1. The van der Waals surface area contributed by atoms with Crippen molar-refractivity contribution in [2.75, 3.05) is 20.3 Å². The van der Waals surface area contributed by atoms with E-state index in [1.54, 1.807) is 72.8 Å². The van der Waals surface area contributed by atoms with Crippen molar-refractivity contribution in [3.05, 3.63) is 149 Å². The number of aliphatic hydroxyl groups excluding tert-OH is 1. The first-order chi connectivity index (χ1) is 22.2. The van der Waals surface area contributed by atoms with Crippen LogP contribution in [0.25, 0.3) is 11.1 Å². The Kier molecular flexibility index (Phi) is 10.9. The first-order valence-electron chi connectivity index (χ1n) is 14.7. The van der Waals surface area contributed by atoms with Crippen LogP contribution in [0, 0.1) is 0 Å². The lowest BCUT2D eigenvalue weighted by Crippen LogP contribution is -2.39. The van der Waals surface area contributed by atoms with E-state index in [1.807, 2.05) is 42.5 Å². The fourth-order valence-corrected chi connectivity index (χ4v) is 6.55. The van der Waals surface area contributed by atoms with Gasteiger partial charge in [-0.25, -0.2) is 13.2 Å². The van der Waals surface area contributed by atoms with Crippen LogP contribution >= 0.6 is 11.6 Å². The van der Waals surface area contributed by atoms with Crippen molar-refractivity contribution in [3.63, 3.8) is 0 Å². The van der Waals surface area contributed by atoms with Crippen molar-refractivity contribution < 1.29 is 27.8 Å². The van der Waals surface area contributed by atoms with Crippen molar-refractivity contribution >= 4 is 27.4 Å². The summed E-state index contributed by atoms with van der Waals surface area (Å²) in [6, 6.07) is 36.7. The molecule has 0 aliphatic rings. The third-order valence-corrected chi connectivity index (χ3v) is 9.61. The molecule has 5 rings (SSSR count). The molecule has 7 nitrogen and oxygen atoms in total. The Bertz CT molecular complexity index is 1850. The van der Waals surface area contributed by atoms with Crippen LogP contribution in [0.15, 0.2) is 137 Å². The molecule has 0 heterocycles. The maximum atomic E-state index is 13.3. The molecule has 0 spiro atoms. The molecule has 46 heavy (non-hydrogen) atoms. The Balaban J connectivity index is 1.18. The monoisotopic (exact) mass is 655 g/mol. The Morgan fingerprint density at radius 2 is 1.41 bits per heavy atom. The van der Waals surface area contributed by atoms with E-state index < -0.39 is 21.9 Å². The van der Waals surface area contributed by atoms with Crippen LogP contribution in [0.2, 0.25) is 5.02 Å². The standard InChI is InChI=1S/C37H34ClNO6S/c1-44-37(41)29-12-10-27(11-13-29)28-14-18-33(19-15-28)46(42,43)34-20-16-32(17-21-34)45-23-22-39-35(24-26-6-3-2-4-7-26)36(40)30-8-5-9-31(38)25-30/h2-21,25,35-36,39-40H,22-24H2,1H3/t35?,36-/m1/s1. The average molecular weight is 656 g/mol. The molecule has 2 N–H and O–H groups in total. The van der Waals surface area contributed by atoms with Crippen molar-refractivity contribution in [3.8, 4) is 16.9 Å². The molecule has 5 aromatic carbocycles. The van der Waals surface area contributed by atoms with Gasteiger partial charge in [-0.1, -0.05) is 78.3 Å². The highest BCUT2D eigenvalue weighted by molar-refractivity contribution is 7.91. The summed E-state index contributed by atoms with van der Waals surface area (Å²) in [4.78, 5) is 12.0. The molecule has 5 aromatic rings. The van der Waals surface area contributed by atoms with Crippen LogP contribution in [0.4, 0.5) is 0 Å². The molecule has 0 amide bonds. The van der Waals surface area contributed by atoms with Gasteiger partial charge in [-0.3, -0.25) is 0 Å². The molecule has 2 atom stereocenters. The first kappa shape index (κ1) is 32.9. The quantitative estimate of drug-likeness (QED) is 0.105. The van der Waals surface area contributed by atoms with Crippen molar-refractivity contribution in [1.82, 2.24) is 5.32 Å². The number of esters is 1. The predicted molar refractivity (Wildman–Crippen MR) is 179 cm³/mol. The van der Waals surface area contributed by atoms with Gasteiger partial charge in [0, 0.05) is 17.6 Å². The number of ether oxygens (including phenoxy) is 2. The van der Waals surface area contributed by atoms with Crippen LogP contribution < -0.4 is 10.1 Å². The summed E-state index contributed by atoms with van der Waals surface area (Å²) >= 11 is 6.17. The topological polar surface area (TPSA) is 102 Å². The lowest BCUT2D eigenvalue weighted by Gasteiger charge is -2.25. The smallest absolute Gasteiger partial charge is 0.337 e. The number of sulfone groups is 1. The zero-order valence-corrected chi connectivity index (χ0v) is 26.7. The van der Waals surface area contributed by atoms with Gasteiger partial charge >= 0.3 is 5.97 Å². The second kappa shape index (κ2) is 15.2. The minimum atomic E-state index is -3.75. The van der Waals surface area contributed by atoms with Gasteiger partial charge in [-0.2, -0.15) is 0 Å². The number of aliphatic hydroxyl groups is 1. The van der Waals surface area contributed by atoms with Gasteiger partial charge in [0.1, 0.15) is 12.4 Å². The minimum absolute atomic E-state index is 0.153. The Morgan fingerprint density at radius 3 is 2.02 bits per heavy atom. The summed E-state index contributed by atoms with van der Waals surface area (Å²) in [7, 11) is -2.42. The molecule has 0 bridgehead atoms. The van der Waals surface area contributed by atoms with Crippen molar-refractivity contribution in [2.24, 2.45) is 0 Å². The van der Waals surface area contributed by atoms with Crippen LogP contribution in [0.1, 0.15) is 27.6 Å². The van der Waals surface area contributed by atoms with E-state index in [1.165, 1.54) is 19.2 Å². The van der Waals surface area contributed by atoms with Crippen LogP contribution in [-0.2, 0) is 21.0 Å². The minimum Gasteiger partial charge on any atom is -0.492 e. The third kappa shape index (κ3) is 8.21. The van der Waals surface area contributed by atoms with E-state index in [0.717, 1.165) is 22.3 Å². The molecule has 0 aromatic heterocycles. The van der Waals surface area contributed by atoms with E-state index >= 15 is 0 Å².